The first kappa shape index (κ1) is 23.3. The van der Waals surface area contributed by atoms with E-state index in [0.717, 1.165) is 6.42 Å². The molecule has 2 aliphatic rings. The van der Waals surface area contributed by atoms with Gasteiger partial charge in [0.1, 0.15) is 0 Å². The minimum atomic E-state index is 0.196. The van der Waals surface area contributed by atoms with Gasteiger partial charge in [-0.05, 0) is 98.9 Å². The number of hydrogen-bond acceptors (Lipinski definition) is 2. The van der Waals surface area contributed by atoms with Gasteiger partial charge in [0.15, 0.2) is 0 Å². The Morgan fingerprint density at radius 3 is 1.35 bits per heavy atom. The fourth-order valence-electron chi connectivity index (χ4n) is 4.90. The number of fused-ring (bicyclic) bond motifs is 1. The molecule has 0 spiro atoms. The maximum atomic E-state index is 2.55. The second-order valence-corrected chi connectivity index (χ2v) is 13.7. The van der Waals surface area contributed by atoms with Crippen molar-refractivity contribution in [3.05, 3.63) is 68.8 Å². The van der Waals surface area contributed by atoms with E-state index in [9.17, 15) is 0 Å². The van der Waals surface area contributed by atoms with Crippen molar-refractivity contribution in [2.24, 2.45) is 0 Å². The molecule has 0 unspecified atom stereocenters. The van der Waals surface area contributed by atoms with Crippen molar-refractivity contribution in [3.8, 4) is 0 Å². The van der Waals surface area contributed by atoms with Crippen molar-refractivity contribution in [2.75, 3.05) is 11.5 Å². The Kier molecular flexibility index (Phi) is 6.90. The summed E-state index contributed by atoms with van der Waals surface area (Å²) in [5, 5.41) is 0. The van der Waals surface area contributed by atoms with Gasteiger partial charge in [-0.15, -0.1) is 0 Å². The Balaban J connectivity index is 1.88. The van der Waals surface area contributed by atoms with Crippen LogP contribution in [0.25, 0.3) is 0 Å². The van der Waals surface area contributed by atoms with Crippen LogP contribution in [0.1, 0.15) is 98.9 Å². The van der Waals surface area contributed by atoms with E-state index in [4.69, 9.17) is 0 Å². The third-order valence-corrected chi connectivity index (χ3v) is 9.13. The molecule has 1 aliphatic heterocycles. The normalized spacial score (nSPS) is 17.9. The van der Waals surface area contributed by atoms with Gasteiger partial charge >= 0.3 is 0 Å². The van der Waals surface area contributed by atoms with Crippen LogP contribution < -0.4 is 0 Å². The average Bonchev–Trinajstić information content (AvgIpc) is 2.87. The second-order valence-electron chi connectivity index (χ2n) is 11.5. The van der Waals surface area contributed by atoms with Crippen LogP contribution in [0.4, 0.5) is 0 Å². The summed E-state index contributed by atoms with van der Waals surface area (Å²) in [5.74, 6) is 4.94. The molecule has 0 saturated heterocycles. The molecule has 2 bridgehead atoms. The van der Waals surface area contributed by atoms with Crippen LogP contribution in [-0.2, 0) is 41.6 Å². The molecule has 2 aromatic carbocycles. The number of thioether (sulfide) groups is 2. The summed E-state index contributed by atoms with van der Waals surface area (Å²) in [5.41, 5.74) is 13.2. The van der Waals surface area contributed by atoms with Crippen LogP contribution in [0.2, 0.25) is 0 Å². The van der Waals surface area contributed by atoms with Gasteiger partial charge in [-0.25, -0.2) is 0 Å². The predicted octanol–water partition coefficient (Wildman–Crippen LogP) is 8.23. The summed E-state index contributed by atoms with van der Waals surface area (Å²) >= 11 is 4.30. The fourth-order valence-corrected chi connectivity index (χ4v) is 6.96. The molecule has 1 aliphatic carbocycles. The van der Waals surface area contributed by atoms with Crippen molar-refractivity contribution in [1.82, 2.24) is 0 Å². The molecular formula is C29H40S2. The molecule has 0 N–H and O–H groups in total. The molecule has 0 fully saturated rings. The lowest BCUT2D eigenvalue weighted by Gasteiger charge is -2.24. The van der Waals surface area contributed by atoms with E-state index in [1.807, 2.05) is 0 Å². The van der Waals surface area contributed by atoms with Crippen LogP contribution in [0, 0.1) is 0 Å². The summed E-state index contributed by atoms with van der Waals surface area (Å²) in [6, 6.07) is 10.2. The maximum Gasteiger partial charge on any atom is 0.0187 e. The molecule has 0 aromatic heterocycles. The summed E-state index contributed by atoms with van der Waals surface area (Å²) in [4.78, 5) is 0. The molecule has 0 amide bonds. The first-order valence-electron chi connectivity index (χ1n) is 12.1. The summed E-state index contributed by atoms with van der Waals surface area (Å²) in [6.45, 7) is 14.2. The van der Waals surface area contributed by atoms with Crippen molar-refractivity contribution in [3.63, 3.8) is 0 Å². The summed E-state index contributed by atoms with van der Waals surface area (Å²) < 4.78 is 0. The highest BCUT2D eigenvalue weighted by molar-refractivity contribution is 7.98. The third-order valence-electron chi connectivity index (χ3n) is 6.95. The van der Waals surface area contributed by atoms with E-state index < -0.39 is 0 Å². The first-order chi connectivity index (χ1) is 14.6. The maximum absolute atomic E-state index is 2.55. The quantitative estimate of drug-likeness (QED) is 0.395. The highest BCUT2D eigenvalue weighted by atomic mass is 32.2. The Bertz CT molecular complexity index is 863. The zero-order valence-corrected chi connectivity index (χ0v) is 22.1. The Hall–Kier alpha value is -0.860. The van der Waals surface area contributed by atoms with Gasteiger partial charge < -0.3 is 0 Å². The average molecular weight is 453 g/mol. The molecular weight excluding hydrogens is 412 g/mol. The van der Waals surface area contributed by atoms with Gasteiger partial charge in [-0.2, -0.15) is 23.5 Å². The molecule has 0 nitrogen and oxygen atoms in total. The number of rotatable bonds is 0. The van der Waals surface area contributed by atoms with Gasteiger partial charge in [0.05, 0.1) is 0 Å². The lowest BCUT2D eigenvalue weighted by Crippen LogP contribution is -2.14. The molecule has 1 heterocycles. The van der Waals surface area contributed by atoms with Crippen molar-refractivity contribution >= 4 is 23.5 Å². The Morgan fingerprint density at radius 1 is 0.581 bits per heavy atom. The fraction of sp³-hybridized carbons (Fsp3) is 0.586. The van der Waals surface area contributed by atoms with E-state index in [0.29, 0.717) is 0 Å². The zero-order chi connectivity index (χ0) is 22.2. The van der Waals surface area contributed by atoms with Gasteiger partial charge in [-0.1, -0.05) is 65.8 Å². The van der Waals surface area contributed by atoms with E-state index in [1.165, 1.54) is 59.8 Å². The Labute approximate surface area is 199 Å². The second kappa shape index (κ2) is 9.18. The van der Waals surface area contributed by atoms with Crippen LogP contribution >= 0.6 is 23.5 Å². The minimum absolute atomic E-state index is 0.196. The lowest BCUT2D eigenvalue weighted by molar-refractivity contribution is 0.588. The molecule has 4 rings (SSSR count). The highest BCUT2D eigenvalue weighted by Crippen LogP contribution is 2.37. The van der Waals surface area contributed by atoms with Gasteiger partial charge in [0.2, 0.25) is 0 Å². The molecule has 2 heteroatoms. The minimum Gasteiger partial charge on any atom is -0.157 e. The number of benzene rings is 2. The Morgan fingerprint density at radius 2 is 0.968 bits per heavy atom. The van der Waals surface area contributed by atoms with E-state index in [2.05, 4.69) is 89.3 Å². The predicted molar refractivity (Wildman–Crippen MR) is 142 cm³/mol. The summed E-state index contributed by atoms with van der Waals surface area (Å²) in [7, 11) is 0. The molecule has 168 valence electrons. The first-order valence-corrected chi connectivity index (χ1v) is 14.4. The van der Waals surface area contributed by atoms with Crippen molar-refractivity contribution in [1.29, 1.82) is 0 Å². The monoisotopic (exact) mass is 452 g/mol. The standard InChI is InChI=1S/C29H40S2/c1-28(2,3)24-14-20-13-21-15-25(29(4,5)6)17-23-19-31-12-8-7-11-30-18-22(16-24)26(20)9-10-27(21)23/h14-17H,7-13,18-19H2,1-6H3. The summed E-state index contributed by atoms with van der Waals surface area (Å²) in [6.07, 6.45) is 6.20. The van der Waals surface area contributed by atoms with Crippen molar-refractivity contribution in [2.45, 2.75) is 96.0 Å². The van der Waals surface area contributed by atoms with Crippen LogP contribution in [0.3, 0.4) is 0 Å². The largest absolute Gasteiger partial charge is 0.157 e. The smallest absolute Gasteiger partial charge is 0.0187 e. The molecule has 2 aromatic rings. The third kappa shape index (κ3) is 5.38. The van der Waals surface area contributed by atoms with Gasteiger partial charge in [0.25, 0.3) is 0 Å². The lowest BCUT2D eigenvalue weighted by atomic mass is 9.81. The highest BCUT2D eigenvalue weighted by Gasteiger charge is 2.25. The molecule has 31 heavy (non-hydrogen) atoms. The van der Waals surface area contributed by atoms with Crippen molar-refractivity contribution < 1.29 is 0 Å². The van der Waals surface area contributed by atoms with E-state index in [-0.39, 0.29) is 10.8 Å². The zero-order valence-electron chi connectivity index (χ0n) is 20.5. The molecule has 0 atom stereocenters. The van der Waals surface area contributed by atoms with Gasteiger partial charge in [-0.3, -0.25) is 0 Å². The SMILES string of the molecule is CC(C)(C)c1cc2c3c(c1)Cc1cc(C(C)(C)C)cc(c1CC3)CSCCCCSC2. The van der Waals surface area contributed by atoms with E-state index in [1.54, 1.807) is 33.4 Å². The molecule has 0 radical (unpaired) electrons. The van der Waals surface area contributed by atoms with Crippen LogP contribution in [0.5, 0.6) is 0 Å². The van der Waals surface area contributed by atoms with Crippen LogP contribution in [0.15, 0.2) is 24.3 Å². The van der Waals surface area contributed by atoms with Crippen LogP contribution in [-0.4, -0.2) is 11.5 Å². The topological polar surface area (TPSA) is 0 Å². The molecule has 0 saturated carbocycles. The van der Waals surface area contributed by atoms with Gasteiger partial charge in [0, 0.05) is 11.5 Å². The number of hydrogen-bond donors (Lipinski definition) is 0. The van der Waals surface area contributed by atoms with E-state index >= 15 is 0 Å².